The molecule has 2 amide bonds. The number of nitrogens with one attached hydrogen (secondary N) is 1. The quantitative estimate of drug-likeness (QED) is 0.140. The number of pyridine rings is 1. The number of rotatable bonds is 6. The van der Waals surface area contributed by atoms with Crippen molar-refractivity contribution in [1.29, 1.82) is 0 Å². The Morgan fingerprint density at radius 1 is 1.16 bits per heavy atom. The molecule has 2 atom stereocenters. The SMILES string of the molecule is CC(=O)c1nn(CC(=O)N2C[C@H](F)C[C@H]2C(=O)Nc2cccc(Br)n2)c2ccc(-c3cnc(I)nc3)cc12. The zero-order chi connectivity index (χ0) is 27.0. The van der Waals surface area contributed by atoms with Crippen molar-refractivity contribution in [2.24, 2.45) is 0 Å². The molecule has 0 aliphatic carbocycles. The van der Waals surface area contributed by atoms with E-state index in [9.17, 15) is 18.8 Å². The van der Waals surface area contributed by atoms with Gasteiger partial charge in [0.1, 0.15) is 34.9 Å². The van der Waals surface area contributed by atoms with Crippen LogP contribution in [0.15, 0.2) is 53.4 Å². The largest absolute Gasteiger partial charge is 0.326 e. The minimum absolute atomic E-state index is 0.119. The van der Waals surface area contributed by atoms with E-state index in [2.05, 4.69) is 41.3 Å². The second kappa shape index (κ2) is 10.8. The number of Topliss-reactive ketones (excluding diaryl/α,β-unsaturated/α-hetero) is 1. The van der Waals surface area contributed by atoms with Crippen LogP contribution in [0.25, 0.3) is 22.0 Å². The second-order valence-corrected chi connectivity index (χ2v) is 10.5. The van der Waals surface area contributed by atoms with Crippen molar-refractivity contribution in [3.8, 4) is 11.1 Å². The highest BCUT2D eigenvalue weighted by molar-refractivity contribution is 14.1. The number of amides is 2. The molecule has 0 radical (unpaired) electrons. The first-order valence-electron chi connectivity index (χ1n) is 11.6. The van der Waals surface area contributed by atoms with E-state index in [4.69, 9.17) is 0 Å². The number of likely N-dealkylation sites (tertiary alicyclic amines) is 1. The Kier molecular flexibility index (Phi) is 7.47. The van der Waals surface area contributed by atoms with E-state index in [0.717, 1.165) is 11.1 Å². The van der Waals surface area contributed by atoms with E-state index in [0.29, 0.717) is 19.3 Å². The monoisotopic (exact) mass is 691 g/mol. The first kappa shape index (κ1) is 26.3. The normalized spacial score (nSPS) is 17.1. The molecule has 194 valence electrons. The Morgan fingerprint density at radius 3 is 2.63 bits per heavy atom. The van der Waals surface area contributed by atoms with Crippen molar-refractivity contribution >= 4 is 72.8 Å². The molecule has 4 heterocycles. The Morgan fingerprint density at radius 2 is 1.92 bits per heavy atom. The zero-order valence-corrected chi connectivity index (χ0v) is 23.7. The highest BCUT2D eigenvalue weighted by atomic mass is 127. The van der Waals surface area contributed by atoms with Crippen molar-refractivity contribution in [2.45, 2.75) is 32.1 Å². The molecule has 5 rings (SSSR count). The van der Waals surface area contributed by atoms with Crippen molar-refractivity contribution in [1.82, 2.24) is 29.6 Å². The second-order valence-electron chi connectivity index (χ2n) is 8.76. The minimum Gasteiger partial charge on any atom is -0.326 e. The first-order valence-corrected chi connectivity index (χ1v) is 13.4. The van der Waals surface area contributed by atoms with Gasteiger partial charge in [-0.15, -0.1) is 0 Å². The summed E-state index contributed by atoms with van der Waals surface area (Å²) < 4.78 is 17.0. The van der Waals surface area contributed by atoms with E-state index in [1.165, 1.54) is 16.5 Å². The summed E-state index contributed by atoms with van der Waals surface area (Å²) in [7, 11) is 0. The number of anilines is 1. The summed E-state index contributed by atoms with van der Waals surface area (Å²) in [5.41, 5.74) is 2.33. The van der Waals surface area contributed by atoms with Crippen LogP contribution < -0.4 is 5.32 Å². The molecule has 1 fully saturated rings. The standard InChI is InChI=1S/C25H20BrFIN7O3/c1-13(36)23-17-7-14(15-9-29-25(28)30-10-15)5-6-18(17)35(33-23)12-22(37)34-11-16(27)8-19(34)24(38)32-21-4-2-3-20(26)31-21/h2-7,9-10,16,19H,8,11-12H2,1H3,(H,31,32,38)/t16-,19+/m1/s1. The molecular weight excluding hydrogens is 672 g/mol. The number of halogens is 3. The lowest BCUT2D eigenvalue weighted by molar-refractivity contribution is -0.137. The summed E-state index contributed by atoms with van der Waals surface area (Å²) in [6, 6.07) is 9.41. The number of carbonyl (C=O) groups is 3. The molecule has 0 unspecified atom stereocenters. The van der Waals surface area contributed by atoms with E-state index in [1.54, 1.807) is 42.7 Å². The van der Waals surface area contributed by atoms with Gasteiger partial charge in [-0.2, -0.15) is 5.10 Å². The molecule has 1 aliphatic heterocycles. The van der Waals surface area contributed by atoms with Crippen LogP contribution in [0.2, 0.25) is 0 Å². The molecule has 10 nitrogen and oxygen atoms in total. The fraction of sp³-hybridized carbons (Fsp3) is 0.240. The van der Waals surface area contributed by atoms with E-state index in [-0.39, 0.29) is 36.8 Å². The smallest absolute Gasteiger partial charge is 0.248 e. The Bertz CT molecular complexity index is 1560. The molecule has 1 aliphatic rings. The maximum Gasteiger partial charge on any atom is 0.248 e. The molecule has 0 bridgehead atoms. The maximum absolute atomic E-state index is 14.4. The first-order chi connectivity index (χ1) is 18.2. The Balaban J connectivity index is 1.41. The number of alkyl halides is 1. The van der Waals surface area contributed by atoms with Crippen molar-refractivity contribution in [2.75, 3.05) is 11.9 Å². The van der Waals surface area contributed by atoms with Gasteiger partial charge < -0.3 is 10.2 Å². The van der Waals surface area contributed by atoms with Crippen LogP contribution in [0.4, 0.5) is 10.2 Å². The summed E-state index contributed by atoms with van der Waals surface area (Å²) >= 11 is 5.26. The molecule has 0 spiro atoms. The molecular formula is C25H20BrFIN7O3. The highest BCUT2D eigenvalue weighted by Gasteiger charge is 2.40. The number of fused-ring (bicyclic) bond motifs is 1. The van der Waals surface area contributed by atoms with Crippen LogP contribution in [0.5, 0.6) is 0 Å². The summed E-state index contributed by atoms with van der Waals surface area (Å²) in [6.07, 6.45) is 1.91. The predicted molar refractivity (Wildman–Crippen MR) is 149 cm³/mol. The van der Waals surface area contributed by atoms with Crippen molar-refractivity contribution in [3.63, 3.8) is 0 Å². The summed E-state index contributed by atoms with van der Waals surface area (Å²) in [4.78, 5) is 52.4. The van der Waals surface area contributed by atoms with E-state index < -0.39 is 24.0 Å². The molecule has 3 aromatic heterocycles. The average Bonchev–Trinajstić information content (AvgIpc) is 3.45. The fourth-order valence-corrected chi connectivity index (χ4v) is 5.04. The number of hydrogen-bond donors (Lipinski definition) is 1. The van der Waals surface area contributed by atoms with Gasteiger partial charge in [-0.1, -0.05) is 12.1 Å². The fourth-order valence-electron chi connectivity index (χ4n) is 4.42. The Hall–Kier alpha value is -3.33. The van der Waals surface area contributed by atoms with Crippen LogP contribution in [0.3, 0.4) is 0 Å². The third-order valence-electron chi connectivity index (χ3n) is 6.16. The van der Waals surface area contributed by atoms with Crippen LogP contribution >= 0.6 is 38.5 Å². The highest BCUT2D eigenvalue weighted by Crippen LogP contribution is 2.28. The van der Waals surface area contributed by atoms with Crippen LogP contribution in [-0.4, -0.2) is 66.0 Å². The predicted octanol–water partition coefficient (Wildman–Crippen LogP) is 4.04. The van der Waals surface area contributed by atoms with E-state index >= 15 is 0 Å². The lowest BCUT2D eigenvalue weighted by atomic mass is 10.0. The summed E-state index contributed by atoms with van der Waals surface area (Å²) in [6.45, 7) is 0.930. The number of ketones is 1. The topological polar surface area (TPSA) is 123 Å². The summed E-state index contributed by atoms with van der Waals surface area (Å²) in [5.74, 6) is -0.982. The van der Waals surface area contributed by atoms with Crippen molar-refractivity contribution < 1.29 is 18.8 Å². The molecule has 1 aromatic carbocycles. The van der Waals surface area contributed by atoms with Crippen molar-refractivity contribution in [3.05, 3.63) is 62.9 Å². The maximum atomic E-state index is 14.4. The number of benzene rings is 1. The van der Waals surface area contributed by atoms with Crippen LogP contribution in [0.1, 0.15) is 23.8 Å². The van der Waals surface area contributed by atoms with Gasteiger partial charge in [0.05, 0.1) is 12.1 Å². The molecule has 1 N–H and O–H groups in total. The molecule has 0 saturated carbocycles. The average molecular weight is 692 g/mol. The van der Waals surface area contributed by atoms with Gasteiger partial charge in [-0.3, -0.25) is 19.1 Å². The zero-order valence-electron chi connectivity index (χ0n) is 19.9. The van der Waals surface area contributed by atoms with Gasteiger partial charge in [0, 0.05) is 59.3 Å². The summed E-state index contributed by atoms with van der Waals surface area (Å²) in [5, 5.41) is 7.61. The number of hydrogen-bond acceptors (Lipinski definition) is 7. The number of aromatic nitrogens is 5. The lowest BCUT2D eigenvalue weighted by Crippen LogP contribution is -2.44. The third-order valence-corrected chi connectivity index (χ3v) is 7.16. The van der Waals surface area contributed by atoms with Gasteiger partial charge in [0.25, 0.3) is 0 Å². The van der Waals surface area contributed by atoms with Crippen LogP contribution in [-0.2, 0) is 16.1 Å². The molecule has 1 saturated heterocycles. The Labute approximate surface area is 238 Å². The van der Waals surface area contributed by atoms with Crippen LogP contribution in [0, 0.1) is 3.83 Å². The third kappa shape index (κ3) is 5.43. The van der Waals surface area contributed by atoms with Gasteiger partial charge >= 0.3 is 0 Å². The molecule has 4 aromatic rings. The molecule has 13 heteroatoms. The minimum atomic E-state index is -1.34. The van der Waals surface area contributed by atoms with Gasteiger partial charge in [-0.25, -0.2) is 19.3 Å². The van der Waals surface area contributed by atoms with Gasteiger partial charge in [0.2, 0.25) is 11.8 Å². The lowest BCUT2D eigenvalue weighted by Gasteiger charge is -2.23. The van der Waals surface area contributed by atoms with Gasteiger partial charge in [-0.05, 0) is 45.8 Å². The molecule has 38 heavy (non-hydrogen) atoms. The number of carbonyl (C=O) groups excluding carboxylic acids is 3. The number of nitrogens with zero attached hydrogens (tertiary/aromatic N) is 6. The van der Waals surface area contributed by atoms with Gasteiger partial charge in [0.15, 0.2) is 9.61 Å². The van der Waals surface area contributed by atoms with E-state index in [1.807, 2.05) is 28.7 Å².